The van der Waals surface area contributed by atoms with Crippen molar-refractivity contribution in [2.75, 3.05) is 18.6 Å². The zero-order valence-corrected chi connectivity index (χ0v) is 12.1. The molecule has 1 unspecified atom stereocenters. The van der Waals surface area contributed by atoms with Crippen molar-refractivity contribution < 1.29 is 4.21 Å². The largest absolute Gasteiger partial charge is 0.311 e. The third-order valence-electron chi connectivity index (χ3n) is 2.27. The molecule has 1 atom stereocenters. The van der Waals surface area contributed by atoms with Crippen LogP contribution in [0.15, 0.2) is 12.1 Å². The van der Waals surface area contributed by atoms with Gasteiger partial charge in [0.1, 0.15) is 0 Å². The summed E-state index contributed by atoms with van der Waals surface area (Å²) in [6, 6.07) is 4.39. The van der Waals surface area contributed by atoms with Gasteiger partial charge in [0, 0.05) is 45.7 Å². The van der Waals surface area contributed by atoms with E-state index in [0.717, 1.165) is 18.8 Å². The van der Waals surface area contributed by atoms with Gasteiger partial charge in [0.2, 0.25) is 0 Å². The van der Waals surface area contributed by atoms with Gasteiger partial charge in [0.25, 0.3) is 0 Å². The van der Waals surface area contributed by atoms with E-state index in [-0.39, 0.29) is 5.41 Å². The summed E-state index contributed by atoms with van der Waals surface area (Å²) in [7, 11) is -0.691. The summed E-state index contributed by atoms with van der Waals surface area (Å²) in [5.74, 6) is 0.734. The average molecular weight is 259 g/mol. The first-order valence-electron chi connectivity index (χ1n) is 5.49. The van der Waals surface area contributed by atoms with E-state index in [1.54, 1.807) is 6.26 Å². The Labute approximate surface area is 105 Å². The number of rotatable bonds is 5. The Morgan fingerprint density at radius 2 is 2.06 bits per heavy atom. The first kappa shape index (κ1) is 13.9. The minimum atomic E-state index is -0.691. The van der Waals surface area contributed by atoms with Crippen LogP contribution in [-0.2, 0) is 22.8 Å². The van der Waals surface area contributed by atoms with Crippen molar-refractivity contribution in [3.63, 3.8) is 0 Å². The molecule has 0 aliphatic carbocycles. The van der Waals surface area contributed by atoms with Gasteiger partial charge in [-0.15, -0.1) is 11.3 Å². The Bertz CT molecular complexity index is 352. The van der Waals surface area contributed by atoms with E-state index >= 15 is 0 Å². The minimum absolute atomic E-state index is 0.244. The Morgan fingerprint density at radius 3 is 2.56 bits per heavy atom. The molecule has 1 aromatic rings. The highest BCUT2D eigenvalue weighted by molar-refractivity contribution is 7.84. The van der Waals surface area contributed by atoms with Crippen molar-refractivity contribution in [3.8, 4) is 0 Å². The smallest absolute Gasteiger partial charge is 0.0357 e. The van der Waals surface area contributed by atoms with Gasteiger partial charge in [0.15, 0.2) is 0 Å². The van der Waals surface area contributed by atoms with Crippen molar-refractivity contribution in [3.05, 3.63) is 21.9 Å². The van der Waals surface area contributed by atoms with E-state index < -0.39 is 10.8 Å². The summed E-state index contributed by atoms with van der Waals surface area (Å²) in [4.78, 5) is 2.77. The highest BCUT2D eigenvalue weighted by atomic mass is 32.2. The van der Waals surface area contributed by atoms with Crippen molar-refractivity contribution in [2.24, 2.45) is 0 Å². The molecule has 4 heteroatoms. The molecule has 2 nitrogen and oxygen atoms in total. The molecule has 1 N–H and O–H groups in total. The predicted octanol–water partition coefficient (Wildman–Crippen LogP) is 2.51. The van der Waals surface area contributed by atoms with Gasteiger partial charge in [-0.25, -0.2) is 0 Å². The maximum absolute atomic E-state index is 10.9. The summed E-state index contributed by atoms with van der Waals surface area (Å²) in [5.41, 5.74) is 0.244. The molecule has 16 heavy (non-hydrogen) atoms. The highest BCUT2D eigenvalue weighted by Gasteiger charge is 2.15. The van der Waals surface area contributed by atoms with E-state index in [0.29, 0.717) is 0 Å². The van der Waals surface area contributed by atoms with Crippen LogP contribution in [0.3, 0.4) is 0 Å². The van der Waals surface area contributed by atoms with Crippen molar-refractivity contribution in [2.45, 2.75) is 32.7 Å². The molecule has 92 valence electrons. The van der Waals surface area contributed by atoms with E-state index in [1.165, 1.54) is 9.75 Å². The molecule has 0 saturated heterocycles. The topological polar surface area (TPSA) is 29.1 Å². The maximum Gasteiger partial charge on any atom is 0.0357 e. The molecule has 0 saturated carbocycles. The van der Waals surface area contributed by atoms with Gasteiger partial charge < -0.3 is 5.32 Å². The van der Waals surface area contributed by atoms with Crippen LogP contribution in [0, 0.1) is 0 Å². The lowest BCUT2D eigenvalue weighted by Gasteiger charge is -2.15. The van der Waals surface area contributed by atoms with Gasteiger partial charge >= 0.3 is 0 Å². The lowest BCUT2D eigenvalue weighted by atomic mass is 9.95. The van der Waals surface area contributed by atoms with E-state index in [4.69, 9.17) is 0 Å². The molecule has 0 aliphatic heterocycles. The summed E-state index contributed by atoms with van der Waals surface area (Å²) < 4.78 is 10.9. The first-order chi connectivity index (χ1) is 7.39. The van der Waals surface area contributed by atoms with E-state index in [9.17, 15) is 4.21 Å². The second-order valence-corrected chi connectivity index (χ2v) is 7.69. The van der Waals surface area contributed by atoms with Crippen LogP contribution in [0.2, 0.25) is 0 Å². The molecule has 1 rings (SSSR count). The third-order valence-corrected chi connectivity index (χ3v) is 4.56. The van der Waals surface area contributed by atoms with Crippen LogP contribution < -0.4 is 5.32 Å². The van der Waals surface area contributed by atoms with Crippen LogP contribution in [0.1, 0.15) is 30.5 Å². The third kappa shape index (κ3) is 4.76. The van der Waals surface area contributed by atoms with E-state index in [1.807, 2.05) is 11.3 Å². The molecular weight excluding hydrogens is 238 g/mol. The number of thiophene rings is 1. The number of nitrogens with one attached hydrogen (secondary N) is 1. The highest BCUT2D eigenvalue weighted by Crippen LogP contribution is 2.29. The monoisotopic (exact) mass is 259 g/mol. The molecule has 0 aliphatic rings. The summed E-state index contributed by atoms with van der Waals surface area (Å²) in [6.07, 6.45) is 1.74. The molecule has 0 fully saturated rings. The Kier molecular flexibility index (Phi) is 5.15. The first-order valence-corrected chi connectivity index (χ1v) is 8.04. The zero-order chi connectivity index (χ0) is 12.2. The standard InChI is InChI=1S/C12H21NOS2/c1-12(2,3)11-6-5-10(15-11)9-13-7-8-16(4)14/h5-6,13H,7-9H2,1-4H3. The van der Waals surface area contributed by atoms with Crippen LogP contribution in [0.4, 0.5) is 0 Å². The van der Waals surface area contributed by atoms with Gasteiger partial charge in [0.05, 0.1) is 0 Å². The van der Waals surface area contributed by atoms with Crippen LogP contribution >= 0.6 is 11.3 Å². The summed E-state index contributed by atoms with van der Waals surface area (Å²) in [5, 5.41) is 3.32. The van der Waals surface area contributed by atoms with Crippen molar-refractivity contribution in [1.29, 1.82) is 0 Å². The quantitative estimate of drug-likeness (QED) is 0.823. The summed E-state index contributed by atoms with van der Waals surface area (Å²) in [6.45, 7) is 8.41. The van der Waals surface area contributed by atoms with Gasteiger partial charge in [-0.05, 0) is 17.5 Å². The number of hydrogen-bond donors (Lipinski definition) is 1. The Balaban J connectivity index is 2.38. The van der Waals surface area contributed by atoms with Crippen molar-refractivity contribution in [1.82, 2.24) is 5.32 Å². The fourth-order valence-corrected chi connectivity index (χ4v) is 2.77. The maximum atomic E-state index is 10.9. The molecule has 1 heterocycles. The summed E-state index contributed by atoms with van der Waals surface area (Å²) >= 11 is 1.86. The molecule has 1 aromatic heterocycles. The molecule has 0 radical (unpaired) electrons. The van der Waals surface area contributed by atoms with Crippen LogP contribution in [0.25, 0.3) is 0 Å². The lowest BCUT2D eigenvalue weighted by molar-refractivity contribution is 0.604. The molecular formula is C12H21NOS2. The van der Waals surface area contributed by atoms with Gasteiger partial charge in [-0.1, -0.05) is 20.8 Å². The molecule has 0 aromatic carbocycles. The van der Waals surface area contributed by atoms with E-state index in [2.05, 4.69) is 38.2 Å². The van der Waals surface area contributed by atoms with Gasteiger partial charge in [-0.2, -0.15) is 0 Å². The Hall–Kier alpha value is -0.190. The van der Waals surface area contributed by atoms with Crippen LogP contribution in [0.5, 0.6) is 0 Å². The predicted molar refractivity (Wildman–Crippen MR) is 73.7 cm³/mol. The molecule has 0 amide bonds. The zero-order valence-electron chi connectivity index (χ0n) is 10.5. The lowest BCUT2D eigenvalue weighted by Crippen LogP contribution is -2.19. The van der Waals surface area contributed by atoms with Gasteiger partial charge in [-0.3, -0.25) is 4.21 Å². The Morgan fingerprint density at radius 1 is 1.38 bits per heavy atom. The molecule has 0 bridgehead atoms. The normalized spacial score (nSPS) is 14.0. The average Bonchev–Trinajstić information content (AvgIpc) is 2.59. The number of hydrogen-bond acceptors (Lipinski definition) is 3. The second-order valence-electron chi connectivity index (χ2n) is 4.97. The van der Waals surface area contributed by atoms with Crippen LogP contribution in [-0.4, -0.2) is 22.8 Å². The van der Waals surface area contributed by atoms with Crippen molar-refractivity contribution >= 4 is 22.1 Å². The fraction of sp³-hybridized carbons (Fsp3) is 0.667. The minimum Gasteiger partial charge on any atom is -0.311 e. The SMILES string of the molecule is CS(=O)CCNCc1ccc(C(C)(C)C)s1. The molecule has 0 spiro atoms. The fourth-order valence-electron chi connectivity index (χ4n) is 1.30. The second kappa shape index (κ2) is 5.94.